The van der Waals surface area contributed by atoms with Gasteiger partial charge in [0.1, 0.15) is 19.3 Å². The Morgan fingerprint density at radius 3 is 0.740 bits per heavy atom. The van der Waals surface area contributed by atoms with Crippen LogP contribution >= 0.6 is 15.6 Å². The second kappa shape index (κ2) is 66.3. The van der Waals surface area contributed by atoms with Crippen LogP contribution in [0.4, 0.5) is 0 Å². The maximum atomic E-state index is 13.1. The van der Waals surface area contributed by atoms with Gasteiger partial charge < -0.3 is 33.8 Å². The Kier molecular flexibility index (Phi) is 65.0. The number of carbonyl (C=O) groups excluding carboxylic acids is 4. The molecule has 0 aliphatic carbocycles. The average molecular weight is 1410 g/mol. The van der Waals surface area contributed by atoms with Crippen molar-refractivity contribution in [1.82, 2.24) is 0 Å². The Morgan fingerprint density at radius 1 is 0.292 bits per heavy atom. The summed E-state index contributed by atoms with van der Waals surface area (Å²) in [7, 11) is -9.91. The van der Waals surface area contributed by atoms with E-state index < -0.39 is 97.5 Å². The van der Waals surface area contributed by atoms with E-state index in [1.165, 1.54) is 186 Å². The van der Waals surface area contributed by atoms with Crippen LogP contribution in [0.3, 0.4) is 0 Å². The van der Waals surface area contributed by atoms with Crippen molar-refractivity contribution >= 4 is 39.5 Å². The third-order valence-electron chi connectivity index (χ3n) is 18.2. The first-order chi connectivity index (χ1) is 46.1. The van der Waals surface area contributed by atoms with Crippen LogP contribution < -0.4 is 0 Å². The zero-order valence-corrected chi connectivity index (χ0v) is 64.8. The highest BCUT2D eigenvalue weighted by molar-refractivity contribution is 7.47. The van der Waals surface area contributed by atoms with Crippen LogP contribution in [-0.4, -0.2) is 96.7 Å². The lowest BCUT2D eigenvalue weighted by Crippen LogP contribution is -2.30. The van der Waals surface area contributed by atoms with E-state index in [0.717, 1.165) is 114 Å². The summed E-state index contributed by atoms with van der Waals surface area (Å²) >= 11 is 0. The summed E-state index contributed by atoms with van der Waals surface area (Å²) in [5.41, 5.74) is 0. The van der Waals surface area contributed by atoms with E-state index in [1.54, 1.807) is 0 Å². The number of hydrogen-bond acceptors (Lipinski definition) is 15. The molecule has 6 atom stereocenters. The first-order valence-electron chi connectivity index (χ1n) is 39.7. The number of aliphatic hydroxyl groups is 1. The molecular weight excluding hydrogens is 1260 g/mol. The van der Waals surface area contributed by atoms with Gasteiger partial charge in [0.05, 0.1) is 26.4 Å². The van der Waals surface area contributed by atoms with Crippen LogP contribution in [0.25, 0.3) is 0 Å². The summed E-state index contributed by atoms with van der Waals surface area (Å²) in [6.45, 7) is 14.2. The molecule has 0 saturated carbocycles. The third kappa shape index (κ3) is 69.2. The van der Waals surface area contributed by atoms with Gasteiger partial charge in [0.25, 0.3) is 0 Å². The summed E-state index contributed by atoms with van der Waals surface area (Å²) in [5, 5.41) is 10.6. The number of ether oxygens (including phenoxy) is 4. The van der Waals surface area contributed by atoms with Crippen molar-refractivity contribution in [3.8, 4) is 0 Å². The third-order valence-corrected chi connectivity index (χ3v) is 20.1. The van der Waals surface area contributed by atoms with Crippen molar-refractivity contribution in [3.05, 3.63) is 0 Å². The van der Waals surface area contributed by atoms with E-state index in [-0.39, 0.29) is 25.7 Å². The highest BCUT2D eigenvalue weighted by Crippen LogP contribution is 2.45. The molecule has 0 fully saturated rings. The summed E-state index contributed by atoms with van der Waals surface area (Å²) in [4.78, 5) is 72.8. The number of rotatable bonds is 74. The van der Waals surface area contributed by atoms with Crippen molar-refractivity contribution in [2.75, 3.05) is 39.6 Å². The Balaban J connectivity index is 5.18. The van der Waals surface area contributed by atoms with Gasteiger partial charge in [0, 0.05) is 25.7 Å². The van der Waals surface area contributed by atoms with Gasteiger partial charge in [-0.25, -0.2) is 9.13 Å². The number of phosphoric acid groups is 2. The molecule has 4 unspecified atom stereocenters. The molecule has 0 heterocycles. The highest BCUT2D eigenvalue weighted by Gasteiger charge is 2.30. The number of esters is 4. The zero-order chi connectivity index (χ0) is 71.0. The second-order valence-corrected chi connectivity index (χ2v) is 32.3. The number of hydrogen-bond donors (Lipinski definition) is 3. The minimum Gasteiger partial charge on any atom is -0.462 e. The van der Waals surface area contributed by atoms with Crippen LogP contribution in [0.2, 0.25) is 0 Å². The number of carbonyl (C=O) groups is 4. The molecule has 0 aliphatic rings. The molecule has 0 saturated heterocycles. The van der Waals surface area contributed by atoms with Gasteiger partial charge in [-0.05, 0) is 49.4 Å². The Bertz CT molecular complexity index is 1890. The van der Waals surface area contributed by atoms with E-state index in [0.29, 0.717) is 31.6 Å². The fourth-order valence-corrected chi connectivity index (χ4v) is 13.3. The lowest BCUT2D eigenvalue weighted by atomic mass is 9.99. The molecule has 0 amide bonds. The minimum atomic E-state index is -4.96. The van der Waals surface area contributed by atoms with E-state index in [1.807, 2.05) is 0 Å². The van der Waals surface area contributed by atoms with Crippen LogP contribution in [0.15, 0.2) is 0 Å². The van der Waals surface area contributed by atoms with Crippen molar-refractivity contribution in [1.29, 1.82) is 0 Å². The first-order valence-corrected chi connectivity index (χ1v) is 42.7. The Labute approximate surface area is 588 Å². The topological polar surface area (TPSA) is 237 Å². The smallest absolute Gasteiger partial charge is 0.462 e. The van der Waals surface area contributed by atoms with E-state index in [2.05, 4.69) is 55.4 Å². The molecule has 19 heteroatoms. The molecule has 17 nitrogen and oxygen atoms in total. The molecule has 0 aromatic carbocycles. The fourth-order valence-electron chi connectivity index (χ4n) is 11.7. The van der Waals surface area contributed by atoms with E-state index in [9.17, 15) is 43.2 Å². The predicted molar refractivity (Wildman–Crippen MR) is 391 cm³/mol. The summed E-state index contributed by atoms with van der Waals surface area (Å²) in [6.07, 6.45) is 51.5. The Morgan fingerprint density at radius 2 is 0.500 bits per heavy atom. The molecule has 0 aromatic heterocycles. The maximum Gasteiger partial charge on any atom is 0.472 e. The highest BCUT2D eigenvalue weighted by atomic mass is 31.2. The van der Waals surface area contributed by atoms with Crippen molar-refractivity contribution < 1.29 is 80.2 Å². The predicted octanol–water partition coefficient (Wildman–Crippen LogP) is 22.4. The molecule has 3 N–H and O–H groups in total. The molecule has 96 heavy (non-hydrogen) atoms. The van der Waals surface area contributed by atoms with Gasteiger partial charge in [-0.3, -0.25) is 37.3 Å². The van der Waals surface area contributed by atoms with Gasteiger partial charge >= 0.3 is 39.5 Å². The molecule has 0 rings (SSSR count). The Hall–Kier alpha value is -1.94. The molecule has 0 bridgehead atoms. The van der Waals surface area contributed by atoms with Crippen molar-refractivity contribution in [3.63, 3.8) is 0 Å². The van der Waals surface area contributed by atoms with E-state index >= 15 is 0 Å². The summed E-state index contributed by atoms with van der Waals surface area (Å²) in [5.74, 6) is 0.930. The van der Waals surface area contributed by atoms with Crippen LogP contribution in [0.5, 0.6) is 0 Å². The monoisotopic (exact) mass is 1410 g/mol. The molecular formula is C77H150O17P2. The van der Waals surface area contributed by atoms with E-state index in [4.69, 9.17) is 37.0 Å². The normalized spacial score (nSPS) is 14.4. The SMILES string of the molecule is CCC(C)CCCCCCCCCCCCC(=O)OC[C@H](COP(=O)(O)OCC(O)COP(=O)(O)OC[C@@H](COC(=O)CCCCCCCCCC(C)C)OC(=O)CCCCCCCCCCCCCCCCCCCCC(C)C)OC(=O)CCCCCCCCCCC(C)C. The minimum absolute atomic E-state index is 0.104. The van der Waals surface area contributed by atoms with Crippen LogP contribution in [0.1, 0.15) is 389 Å². The van der Waals surface area contributed by atoms with Gasteiger partial charge in [-0.15, -0.1) is 0 Å². The second-order valence-electron chi connectivity index (χ2n) is 29.4. The quantitative estimate of drug-likeness (QED) is 0.0222. The van der Waals surface area contributed by atoms with Gasteiger partial charge in [0.15, 0.2) is 12.2 Å². The summed E-state index contributed by atoms with van der Waals surface area (Å²) in [6, 6.07) is 0. The zero-order valence-electron chi connectivity index (χ0n) is 63.0. The van der Waals surface area contributed by atoms with Gasteiger partial charge in [-0.2, -0.15) is 0 Å². The van der Waals surface area contributed by atoms with Gasteiger partial charge in [-0.1, -0.05) is 338 Å². The number of phosphoric ester groups is 2. The standard InChI is InChI=1S/C77H150O17P2/c1-9-70(8)56-48-40-32-23-20-21-24-33-41-49-57-74(79)87-63-72(94-77(82)60-52-44-35-27-26-30-38-46-54-68(4)5)65-91-95(83,84)89-61-71(78)62-90-96(85,86)92-66-73(64-88-75(80)58-50-42-36-28-31-39-47-55-69(6)7)93-76(81)59-51-43-34-25-19-17-15-13-11-10-12-14-16-18-22-29-37-45-53-67(2)3/h67-73,78H,9-66H2,1-8H3,(H,83,84)(H,85,86)/t70?,71?,72-,73-/m1/s1. The fraction of sp³-hybridized carbons (Fsp3) is 0.948. The molecule has 0 spiro atoms. The molecule has 0 aromatic rings. The number of unbranched alkanes of at least 4 members (excludes halogenated alkanes) is 39. The number of aliphatic hydroxyl groups excluding tert-OH is 1. The maximum absolute atomic E-state index is 13.1. The first kappa shape index (κ1) is 94.1. The molecule has 0 radical (unpaired) electrons. The molecule has 0 aliphatic heterocycles. The van der Waals surface area contributed by atoms with Crippen LogP contribution in [-0.2, 0) is 65.4 Å². The van der Waals surface area contributed by atoms with Crippen LogP contribution in [0, 0.1) is 23.7 Å². The average Bonchev–Trinajstić information content (AvgIpc) is 3.49. The lowest BCUT2D eigenvalue weighted by molar-refractivity contribution is -0.161. The van der Waals surface area contributed by atoms with Crippen molar-refractivity contribution in [2.45, 2.75) is 408 Å². The molecule has 570 valence electrons. The van der Waals surface area contributed by atoms with Crippen molar-refractivity contribution in [2.24, 2.45) is 23.7 Å². The van der Waals surface area contributed by atoms with Gasteiger partial charge in [0.2, 0.25) is 0 Å². The lowest BCUT2D eigenvalue weighted by Gasteiger charge is -2.21. The summed E-state index contributed by atoms with van der Waals surface area (Å²) < 4.78 is 68.5. The largest absolute Gasteiger partial charge is 0.472 e.